The zero-order chi connectivity index (χ0) is 9.68. The molecule has 1 rings (SSSR count). The minimum absolute atomic E-state index is 0.0141. The summed E-state index contributed by atoms with van der Waals surface area (Å²) in [6.45, 7) is -0.0187. The molecule has 0 radical (unpaired) electrons. The number of halogens is 1. The molecule has 0 spiro atoms. The monoisotopic (exact) mass is 205 g/mol. The molecular formula is C6H8ClN3O3. The third-order valence-corrected chi connectivity index (χ3v) is 1.24. The Kier molecular flexibility index (Phi) is 3.66. The molecule has 0 atom stereocenters. The maximum atomic E-state index is 8.46. The van der Waals surface area contributed by atoms with Gasteiger partial charge in [0.05, 0.1) is 13.7 Å². The maximum Gasteiger partial charge on any atom is 0.324 e. The van der Waals surface area contributed by atoms with Crippen molar-refractivity contribution in [2.24, 2.45) is 0 Å². The highest BCUT2D eigenvalue weighted by molar-refractivity contribution is 6.28. The van der Waals surface area contributed by atoms with Gasteiger partial charge in [0.15, 0.2) is 0 Å². The average Bonchev–Trinajstić information content (AvgIpc) is 2.14. The van der Waals surface area contributed by atoms with E-state index in [1.165, 1.54) is 7.11 Å². The first-order valence-corrected chi connectivity index (χ1v) is 3.83. The number of hydrogen-bond acceptors (Lipinski definition) is 6. The quantitative estimate of drug-likeness (QED) is 0.740. The normalized spacial score (nSPS) is 9.77. The lowest BCUT2D eigenvalue weighted by molar-refractivity contribution is 0.189. The molecule has 7 heteroatoms. The van der Waals surface area contributed by atoms with E-state index in [2.05, 4.69) is 15.0 Å². The summed E-state index contributed by atoms with van der Waals surface area (Å²) in [5, 5.41) is 8.45. The Morgan fingerprint density at radius 1 is 1.31 bits per heavy atom. The second kappa shape index (κ2) is 4.78. The highest BCUT2D eigenvalue weighted by atomic mass is 35.5. The standard InChI is InChI=1S/C6H8ClN3O3/c1-12-5-8-4(7)9-6(10-5)13-3-2-11/h11H,2-3H2,1H3. The van der Waals surface area contributed by atoms with E-state index in [-0.39, 0.29) is 30.5 Å². The van der Waals surface area contributed by atoms with Gasteiger partial charge in [0.2, 0.25) is 5.28 Å². The molecule has 0 saturated heterocycles. The van der Waals surface area contributed by atoms with Crippen LogP contribution in [0.5, 0.6) is 12.0 Å². The van der Waals surface area contributed by atoms with Crippen LogP contribution in [0.1, 0.15) is 0 Å². The predicted octanol–water partition coefficient (Wildman–Crippen LogP) is -0.0953. The van der Waals surface area contributed by atoms with Crippen LogP contribution in [0.2, 0.25) is 5.28 Å². The summed E-state index contributed by atoms with van der Waals surface area (Å²) in [7, 11) is 1.40. The third kappa shape index (κ3) is 3.00. The van der Waals surface area contributed by atoms with Crippen molar-refractivity contribution < 1.29 is 14.6 Å². The average molecular weight is 206 g/mol. The van der Waals surface area contributed by atoms with E-state index in [1.54, 1.807) is 0 Å². The number of aliphatic hydroxyl groups excluding tert-OH is 1. The van der Waals surface area contributed by atoms with Crippen LogP contribution < -0.4 is 9.47 Å². The van der Waals surface area contributed by atoms with Crippen molar-refractivity contribution in [1.82, 2.24) is 15.0 Å². The fourth-order valence-electron chi connectivity index (χ4n) is 0.607. The molecule has 6 nitrogen and oxygen atoms in total. The second-order valence-electron chi connectivity index (χ2n) is 1.95. The summed E-state index contributed by atoms with van der Waals surface area (Å²) in [4.78, 5) is 11.0. The van der Waals surface area contributed by atoms with Crippen LogP contribution in [-0.2, 0) is 0 Å². The van der Waals surface area contributed by atoms with Crippen LogP contribution >= 0.6 is 11.6 Å². The van der Waals surface area contributed by atoms with Gasteiger partial charge in [-0.05, 0) is 11.6 Å². The molecule has 0 unspecified atom stereocenters. The lowest BCUT2D eigenvalue weighted by atomic mass is 10.8. The van der Waals surface area contributed by atoms with Crippen molar-refractivity contribution in [3.05, 3.63) is 5.28 Å². The first-order valence-electron chi connectivity index (χ1n) is 3.45. The van der Waals surface area contributed by atoms with Gasteiger partial charge < -0.3 is 14.6 Å². The number of nitrogens with zero attached hydrogens (tertiary/aromatic N) is 3. The highest BCUT2D eigenvalue weighted by Gasteiger charge is 2.05. The molecule has 0 aliphatic rings. The summed E-state index contributed by atoms with van der Waals surface area (Å²) in [5.74, 6) is 0. The third-order valence-electron chi connectivity index (χ3n) is 1.07. The minimum atomic E-state index is -0.119. The van der Waals surface area contributed by atoms with Gasteiger partial charge in [0.1, 0.15) is 6.61 Å². The van der Waals surface area contributed by atoms with Crippen LogP contribution in [0.4, 0.5) is 0 Å². The van der Waals surface area contributed by atoms with Crippen LogP contribution in [0.3, 0.4) is 0 Å². The second-order valence-corrected chi connectivity index (χ2v) is 2.28. The molecule has 13 heavy (non-hydrogen) atoms. The number of aromatic nitrogens is 3. The lowest BCUT2D eigenvalue weighted by Crippen LogP contribution is -2.06. The molecule has 0 amide bonds. The number of methoxy groups -OCH3 is 1. The van der Waals surface area contributed by atoms with Gasteiger partial charge >= 0.3 is 12.0 Å². The number of ether oxygens (including phenoxy) is 2. The molecule has 1 aromatic rings. The summed E-state index contributed by atoms with van der Waals surface area (Å²) < 4.78 is 9.63. The smallest absolute Gasteiger partial charge is 0.324 e. The van der Waals surface area contributed by atoms with Crippen molar-refractivity contribution in [2.45, 2.75) is 0 Å². The largest absolute Gasteiger partial charge is 0.467 e. The van der Waals surface area contributed by atoms with E-state index < -0.39 is 0 Å². The highest BCUT2D eigenvalue weighted by Crippen LogP contribution is 2.11. The topological polar surface area (TPSA) is 77.4 Å². The fourth-order valence-corrected chi connectivity index (χ4v) is 0.752. The van der Waals surface area contributed by atoms with Crippen molar-refractivity contribution >= 4 is 11.6 Å². The van der Waals surface area contributed by atoms with Gasteiger partial charge in [0, 0.05) is 0 Å². The Balaban J connectivity index is 2.76. The fraction of sp³-hybridized carbons (Fsp3) is 0.500. The van der Waals surface area contributed by atoms with Gasteiger partial charge in [-0.25, -0.2) is 0 Å². The minimum Gasteiger partial charge on any atom is -0.467 e. The van der Waals surface area contributed by atoms with E-state index in [9.17, 15) is 0 Å². The molecule has 0 aliphatic heterocycles. The molecule has 0 fully saturated rings. The lowest BCUT2D eigenvalue weighted by Gasteiger charge is -2.02. The van der Waals surface area contributed by atoms with E-state index in [4.69, 9.17) is 26.2 Å². The van der Waals surface area contributed by atoms with Crippen molar-refractivity contribution in [2.75, 3.05) is 20.3 Å². The van der Waals surface area contributed by atoms with Gasteiger partial charge in [-0.15, -0.1) is 4.98 Å². The summed E-state index contributed by atoms with van der Waals surface area (Å²) in [6, 6.07) is 0.110. The van der Waals surface area contributed by atoms with Crippen LogP contribution in [0, 0.1) is 0 Å². The first kappa shape index (κ1) is 9.94. The number of aliphatic hydroxyl groups is 1. The van der Waals surface area contributed by atoms with Crippen LogP contribution in [-0.4, -0.2) is 40.4 Å². The van der Waals surface area contributed by atoms with E-state index in [0.29, 0.717) is 0 Å². The summed E-state index contributed by atoms with van der Waals surface area (Å²) >= 11 is 5.52. The van der Waals surface area contributed by atoms with Gasteiger partial charge in [0.25, 0.3) is 0 Å². The predicted molar refractivity (Wildman–Crippen MR) is 44.0 cm³/mol. The first-order chi connectivity index (χ1) is 6.26. The zero-order valence-electron chi connectivity index (χ0n) is 6.90. The summed E-state index contributed by atoms with van der Waals surface area (Å²) in [5.41, 5.74) is 0. The van der Waals surface area contributed by atoms with Crippen LogP contribution in [0.15, 0.2) is 0 Å². The Labute approximate surface area is 79.5 Å². The van der Waals surface area contributed by atoms with Crippen molar-refractivity contribution in [3.8, 4) is 12.0 Å². The Morgan fingerprint density at radius 3 is 2.62 bits per heavy atom. The van der Waals surface area contributed by atoms with Crippen molar-refractivity contribution in [1.29, 1.82) is 0 Å². The van der Waals surface area contributed by atoms with E-state index in [0.717, 1.165) is 0 Å². The molecule has 0 aromatic carbocycles. The van der Waals surface area contributed by atoms with Gasteiger partial charge in [-0.2, -0.15) is 9.97 Å². The molecule has 72 valence electrons. The van der Waals surface area contributed by atoms with Crippen LogP contribution in [0.25, 0.3) is 0 Å². The van der Waals surface area contributed by atoms with E-state index >= 15 is 0 Å². The Morgan fingerprint density at radius 2 is 2.00 bits per heavy atom. The Hall–Kier alpha value is -1.14. The van der Waals surface area contributed by atoms with E-state index in [1.807, 2.05) is 0 Å². The molecular weight excluding hydrogens is 198 g/mol. The molecule has 1 heterocycles. The van der Waals surface area contributed by atoms with Gasteiger partial charge in [-0.3, -0.25) is 0 Å². The molecule has 1 aromatic heterocycles. The number of hydrogen-bond donors (Lipinski definition) is 1. The van der Waals surface area contributed by atoms with Gasteiger partial charge in [-0.1, -0.05) is 0 Å². The molecule has 0 bridgehead atoms. The molecule has 0 aliphatic carbocycles. The molecule has 1 N–H and O–H groups in total. The summed E-state index contributed by atoms with van der Waals surface area (Å²) in [6.07, 6.45) is 0. The van der Waals surface area contributed by atoms with Crippen molar-refractivity contribution in [3.63, 3.8) is 0 Å². The maximum absolute atomic E-state index is 8.46. The zero-order valence-corrected chi connectivity index (χ0v) is 7.65. The SMILES string of the molecule is COc1nc(Cl)nc(OCCO)n1. The Bertz CT molecular complexity index is 284. The number of rotatable bonds is 4. The molecule has 0 saturated carbocycles.